The van der Waals surface area contributed by atoms with Crippen LogP contribution >= 0.6 is 12.2 Å². The van der Waals surface area contributed by atoms with Gasteiger partial charge in [0.05, 0.1) is 5.52 Å². The molecule has 0 radical (unpaired) electrons. The molecule has 3 rings (SSSR count). The molecule has 104 valence electrons. The second kappa shape index (κ2) is 5.73. The molecule has 2 aromatic rings. The molecule has 1 fully saturated rings. The van der Waals surface area contributed by atoms with Crippen LogP contribution in [-0.4, -0.2) is 29.2 Å². The summed E-state index contributed by atoms with van der Waals surface area (Å²) in [6.45, 7) is 1.60. The van der Waals surface area contributed by atoms with E-state index in [4.69, 9.17) is 22.7 Å². The van der Waals surface area contributed by atoms with Crippen LogP contribution in [0, 0.1) is 0 Å². The lowest BCUT2D eigenvalue weighted by Gasteiger charge is -2.24. The fraction of sp³-hybridized carbons (Fsp3) is 0.333. The van der Waals surface area contributed by atoms with Crippen molar-refractivity contribution in [1.82, 2.24) is 4.98 Å². The first-order valence-electron chi connectivity index (χ1n) is 6.78. The van der Waals surface area contributed by atoms with E-state index >= 15 is 0 Å². The lowest BCUT2D eigenvalue weighted by molar-refractivity contribution is 0.0904. The molecular weight excluding hydrogens is 270 g/mol. The third-order valence-electron chi connectivity index (χ3n) is 3.55. The van der Waals surface area contributed by atoms with Gasteiger partial charge in [-0.1, -0.05) is 30.4 Å². The number of hydrogen-bond acceptors (Lipinski definition) is 4. The van der Waals surface area contributed by atoms with Crippen molar-refractivity contribution in [2.24, 2.45) is 5.73 Å². The number of nitrogens with two attached hydrogens (primary N) is 1. The number of pyridine rings is 1. The zero-order valence-electron chi connectivity index (χ0n) is 11.1. The monoisotopic (exact) mass is 287 g/mol. The summed E-state index contributed by atoms with van der Waals surface area (Å²) in [6.07, 6.45) is 1.99. The highest BCUT2D eigenvalue weighted by Crippen LogP contribution is 2.22. The summed E-state index contributed by atoms with van der Waals surface area (Å²) < 4.78 is 5.37. The smallest absolute Gasteiger partial charge is 0.127 e. The molecule has 1 saturated heterocycles. The van der Waals surface area contributed by atoms with E-state index in [9.17, 15) is 0 Å². The maximum absolute atomic E-state index is 5.84. The van der Waals surface area contributed by atoms with Crippen molar-refractivity contribution >= 4 is 33.9 Å². The van der Waals surface area contributed by atoms with Crippen molar-refractivity contribution in [1.29, 1.82) is 0 Å². The fourth-order valence-electron chi connectivity index (χ4n) is 2.50. The van der Waals surface area contributed by atoms with E-state index in [1.54, 1.807) is 0 Å². The van der Waals surface area contributed by atoms with Crippen LogP contribution in [-0.2, 0) is 4.74 Å². The number of thiocarbonyl (C=S) groups is 1. The van der Waals surface area contributed by atoms with Gasteiger partial charge in [0, 0.05) is 30.2 Å². The van der Waals surface area contributed by atoms with Gasteiger partial charge in [-0.05, 0) is 25.0 Å². The highest BCUT2D eigenvalue weighted by molar-refractivity contribution is 7.80. The first-order chi connectivity index (χ1) is 9.74. The Morgan fingerprint density at radius 1 is 1.30 bits per heavy atom. The second-order valence-electron chi connectivity index (χ2n) is 4.97. The molecule has 0 bridgehead atoms. The van der Waals surface area contributed by atoms with Crippen LogP contribution in [0.5, 0.6) is 0 Å². The minimum absolute atomic E-state index is 0.400. The lowest BCUT2D eigenvalue weighted by atomic mass is 10.1. The first-order valence-corrected chi connectivity index (χ1v) is 7.19. The summed E-state index contributed by atoms with van der Waals surface area (Å²) in [5.41, 5.74) is 7.62. The molecule has 1 aliphatic rings. The molecule has 5 heteroatoms. The number of anilines is 1. The maximum Gasteiger partial charge on any atom is 0.127 e. The molecule has 1 aromatic carbocycles. The van der Waals surface area contributed by atoms with E-state index in [1.807, 2.05) is 30.3 Å². The Balaban J connectivity index is 1.96. The summed E-state index contributed by atoms with van der Waals surface area (Å²) in [6, 6.07) is 10.3. The molecule has 0 saturated carbocycles. The molecule has 0 aliphatic carbocycles. The van der Waals surface area contributed by atoms with Gasteiger partial charge >= 0.3 is 0 Å². The predicted octanol–water partition coefficient (Wildman–Crippen LogP) is 2.46. The van der Waals surface area contributed by atoms with Gasteiger partial charge in [0.15, 0.2) is 0 Å². The molecule has 2 heterocycles. The topological polar surface area (TPSA) is 60.2 Å². The van der Waals surface area contributed by atoms with E-state index in [1.165, 1.54) is 0 Å². The minimum Gasteiger partial charge on any atom is -0.389 e. The van der Waals surface area contributed by atoms with E-state index in [-0.39, 0.29) is 0 Å². The van der Waals surface area contributed by atoms with Crippen molar-refractivity contribution in [3.63, 3.8) is 0 Å². The lowest BCUT2D eigenvalue weighted by Crippen LogP contribution is -2.28. The van der Waals surface area contributed by atoms with Crippen LogP contribution in [0.25, 0.3) is 10.9 Å². The van der Waals surface area contributed by atoms with Gasteiger partial charge in [-0.15, -0.1) is 0 Å². The molecule has 1 aliphatic heterocycles. The van der Waals surface area contributed by atoms with E-state index in [2.05, 4.69) is 10.3 Å². The number of aromatic nitrogens is 1. The third-order valence-corrected chi connectivity index (χ3v) is 3.77. The normalized spacial score (nSPS) is 16.2. The van der Waals surface area contributed by atoms with Crippen LogP contribution in [0.2, 0.25) is 0 Å². The summed E-state index contributed by atoms with van der Waals surface area (Å²) in [4.78, 5) is 5.05. The molecule has 3 N–H and O–H groups in total. The molecule has 0 amide bonds. The zero-order valence-corrected chi connectivity index (χ0v) is 12.0. The van der Waals surface area contributed by atoms with Gasteiger partial charge in [0.2, 0.25) is 0 Å². The average molecular weight is 287 g/mol. The van der Waals surface area contributed by atoms with Crippen molar-refractivity contribution in [3.8, 4) is 0 Å². The highest BCUT2D eigenvalue weighted by atomic mass is 32.1. The number of ether oxygens (including phenoxy) is 1. The van der Waals surface area contributed by atoms with Gasteiger partial charge in [-0.3, -0.25) is 0 Å². The van der Waals surface area contributed by atoms with Gasteiger partial charge < -0.3 is 15.8 Å². The Morgan fingerprint density at radius 3 is 2.80 bits per heavy atom. The summed E-state index contributed by atoms with van der Waals surface area (Å²) >= 11 is 5.16. The Bertz CT molecular complexity index is 638. The number of benzene rings is 1. The van der Waals surface area contributed by atoms with Crippen LogP contribution in [0.15, 0.2) is 30.3 Å². The number of para-hydroxylation sites is 1. The largest absolute Gasteiger partial charge is 0.389 e. The van der Waals surface area contributed by atoms with Crippen molar-refractivity contribution < 1.29 is 4.74 Å². The third kappa shape index (κ3) is 2.73. The van der Waals surface area contributed by atoms with Crippen molar-refractivity contribution in [3.05, 3.63) is 35.9 Å². The summed E-state index contributed by atoms with van der Waals surface area (Å²) in [5, 5.41) is 4.46. The van der Waals surface area contributed by atoms with Gasteiger partial charge in [-0.2, -0.15) is 0 Å². The van der Waals surface area contributed by atoms with Crippen LogP contribution in [0.3, 0.4) is 0 Å². The Morgan fingerprint density at radius 2 is 2.05 bits per heavy atom. The number of rotatable bonds is 3. The number of hydrogen-bond donors (Lipinski definition) is 2. The Hall–Kier alpha value is -1.72. The van der Waals surface area contributed by atoms with E-state index in [0.717, 1.165) is 48.3 Å². The number of nitrogens with one attached hydrogen (secondary N) is 1. The fourth-order valence-corrected chi connectivity index (χ4v) is 2.67. The first kappa shape index (κ1) is 13.3. The average Bonchev–Trinajstić information content (AvgIpc) is 2.47. The molecule has 4 nitrogen and oxygen atoms in total. The number of fused-ring (bicyclic) bond motifs is 1. The Kier molecular flexibility index (Phi) is 3.80. The minimum atomic E-state index is 0.400. The molecular formula is C15H17N3OS. The van der Waals surface area contributed by atoms with Crippen molar-refractivity contribution in [2.45, 2.75) is 18.9 Å². The molecule has 0 unspecified atom stereocenters. The van der Waals surface area contributed by atoms with E-state index < -0.39 is 0 Å². The van der Waals surface area contributed by atoms with Gasteiger partial charge in [-0.25, -0.2) is 4.98 Å². The molecule has 20 heavy (non-hydrogen) atoms. The number of nitrogens with zero attached hydrogens (tertiary/aromatic N) is 1. The molecule has 1 aromatic heterocycles. The van der Waals surface area contributed by atoms with E-state index in [0.29, 0.717) is 11.0 Å². The van der Waals surface area contributed by atoms with Gasteiger partial charge in [0.1, 0.15) is 10.8 Å². The van der Waals surface area contributed by atoms with Gasteiger partial charge in [0.25, 0.3) is 0 Å². The zero-order chi connectivity index (χ0) is 13.9. The maximum atomic E-state index is 5.84. The van der Waals surface area contributed by atoms with Crippen molar-refractivity contribution in [2.75, 3.05) is 18.5 Å². The molecule has 0 spiro atoms. The van der Waals surface area contributed by atoms with Crippen LogP contribution < -0.4 is 11.1 Å². The summed E-state index contributed by atoms with van der Waals surface area (Å²) in [7, 11) is 0. The molecule has 0 atom stereocenters. The quantitative estimate of drug-likeness (QED) is 0.849. The SMILES string of the molecule is NC(=S)c1cc(NC2CCOCC2)nc2ccccc12. The highest BCUT2D eigenvalue weighted by Gasteiger charge is 2.15. The standard InChI is InChI=1S/C15H17N3OS/c16-15(20)12-9-14(17-10-5-7-19-8-6-10)18-13-4-2-1-3-11(12)13/h1-4,9-10H,5-8H2,(H2,16,20)(H,17,18). The Labute approximate surface area is 123 Å². The van der Waals surface area contributed by atoms with Crippen LogP contribution in [0.1, 0.15) is 18.4 Å². The second-order valence-corrected chi connectivity index (χ2v) is 5.41. The summed E-state index contributed by atoms with van der Waals surface area (Å²) in [5.74, 6) is 0.832. The van der Waals surface area contributed by atoms with Crippen LogP contribution in [0.4, 0.5) is 5.82 Å². The predicted molar refractivity (Wildman–Crippen MR) is 85.1 cm³/mol.